The summed E-state index contributed by atoms with van der Waals surface area (Å²) in [4.78, 5) is 12.7. The number of aromatic hydroxyl groups is 1. The molecule has 0 spiro atoms. The molecular formula is C32H37N5O2S. The van der Waals surface area contributed by atoms with Gasteiger partial charge in [-0.2, -0.15) is 5.10 Å². The third kappa shape index (κ3) is 6.80. The second kappa shape index (κ2) is 11.7. The van der Waals surface area contributed by atoms with Gasteiger partial charge in [-0.1, -0.05) is 101 Å². The number of aromatic nitrogens is 3. The number of hydrogen-bond donors (Lipinski definition) is 2. The number of nitrogens with zero attached hydrogens (tertiary/aromatic N) is 4. The molecule has 0 aliphatic heterocycles. The molecule has 3 aromatic carbocycles. The van der Waals surface area contributed by atoms with Crippen molar-refractivity contribution < 1.29 is 9.90 Å². The zero-order chi connectivity index (χ0) is 29.1. The molecule has 8 heteroatoms. The summed E-state index contributed by atoms with van der Waals surface area (Å²) in [5.41, 5.74) is 7.64. The highest BCUT2D eigenvalue weighted by molar-refractivity contribution is 7.99. The molecule has 4 rings (SSSR count). The van der Waals surface area contributed by atoms with Crippen molar-refractivity contribution in [2.75, 3.05) is 5.75 Å². The quantitative estimate of drug-likeness (QED) is 0.149. The van der Waals surface area contributed by atoms with Gasteiger partial charge in [0.1, 0.15) is 5.75 Å². The SMILES string of the molecule is Cc1ccc(-n2c(SCC(=O)N/N=C\c3cc(C(C)(C)C)c(O)c(C(C)(C)C)c3)nnc2-c2ccccc2)cc1. The predicted molar refractivity (Wildman–Crippen MR) is 163 cm³/mol. The largest absolute Gasteiger partial charge is 0.507 e. The van der Waals surface area contributed by atoms with E-state index in [-0.39, 0.29) is 22.5 Å². The van der Waals surface area contributed by atoms with Crippen LogP contribution in [0.15, 0.2) is 77.0 Å². The van der Waals surface area contributed by atoms with E-state index in [1.54, 1.807) is 6.21 Å². The first kappa shape index (κ1) is 29.1. The molecule has 0 aliphatic carbocycles. The fraction of sp³-hybridized carbons (Fsp3) is 0.312. The molecule has 0 saturated heterocycles. The number of thioether (sulfide) groups is 1. The smallest absolute Gasteiger partial charge is 0.250 e. The lowest BCUT2D eigenvalue weighted by Crippen LogP contribution is -2.20. The molecule has 0 bridgehead atoms. The highest BCUT2D eigenvalue weighted by atomic mass is 32.2. The number of amides is 1. The van der Waals surface area contributed by atoms with Gasteiger partial charge in [-0.3, -0.25) is 9.36 Å². The zero-order valence-electron chi connectivity index (χ0n) is 24.2. The van der Waals surface area contributed by atoms with Crippen LogP contribution in [0.2, 0.25) is 0 Å². The second-order valence-electron chi connectivity index (χ2n) is 11.9. The first-order valence-electron chi connectivity index (χ1n) is 13.2. The maximum atomic E-state index is 12.7. The molecule has 1 amide bonds. The van der Waals surface area contributed by atoms with E-state index in [4.69, 9.17) is 0 Å². The number of carbonyl (C=O) groups excluding carboxylic acids is 1. The number of aryl methyl sites for hydroxylation is 1. The monoisotopic (exact) mass is 555 g/mol. The normalized spacial score (nSPS) is 12.2. The number of rotatable bonds is 7. The number of hydrogen-bond acceptors (Lipinski definition) is 6. The van der Waals surface area contributed by atoms with Crippen molar-refractivity contribution >= 4 is 23.9 Å². The summed E-state index contributed by atoms with van der Waals surface area (Å²) in [5, 5.41) is 24.6. The first-order valence-corrected chi connectivity index (χ1v) is 14.2. The lowest BCUT2D eigenvalue weighted by Gasteiger charge is -2.27. The van der Waals surface area contributed by atoms with Gasteiger partial charge in [-0.15, -0.1) is 10.2 Å². The van der Waals surface area contributed by atoms with Crippen molar-refractivity contribution in [1.82, 2.24) is 20.2 Å². The summed E-state index contributed by atoms with van der Waals surface area (Å²) in [5.74, 6) is 0.880. The Hall–Kier alpha value is -3.91. The summed E-state index contributed by atoms with van der Waals surface area (Å²) in [6.45, 7) is 14.4. The van der Waals surface area contributed by atoms with Crippen molar-refractivity contribution in [3.8, 4) is 22.8 Å². The molecule has 2 N–H and O–H groups in total. The zero-order valence-corrected chi connectivity index (χ0v) is 25.0. The Morgan fingerprint density at radius 2 is 1.55 bits per heavy atom. The Bertz CT molecular complexity index is 1480. The van der Waals surface area contributed by atoms with E-state index in [0.717, 1.165) is 33.5 Å². The summed E-state index contributed by atoms with van der Waals surface area (Å²) >= 11 is 1.30. The molecule has 7 nitrogen and oxygen atoms in total. The third-order valence-electron chi connectivity index (χ3n) is 6.44. The van der Waals surface area contributed by atoms with Crippen molar-refractivity contribution in [3.63, 3.8) is 0 Å². The predicted octanol–water partition coefficient (Wildman–Crippen LogP) is 6.79. The fourth-order valence-electron chi connectivity index (χ4n) is 4.28. The summed E-state index contributed by atoms with van der Waals surface area (Å²) in [7, 11) is 0. The Balaban J connectivity index is 1.51. The molecule has 1 heterocycles. The summed E-state index contributed by atoms with van der Waals surface area (Å²) < 4.78 is 1.97. The van der Waals surface area contributed by atoms with Crippen molar-refractivity contribution in [2.45, 2.75) is 64.5 Å². The average Bonchev–Trinajstić information content (AvgIpc) is 3.32. The van der Waals surface area contributed by atoms with Crippen molar-refractivity contribution in [2.24, 2.45) is 5.10 Å². The van der Waals surface area contributed by atoms with E-state index in [1.807, 2.05) is 78.2 Å². The lowest BCUT2D eigenvalue weighted by molar-refractivity contribution is -0.118. The molecule has 4 aromatic rings. The van der Waals surface area contributed by atoms with Crippen LogP contribution < -0.4 is 5.43 Å². The molecule has 208 valence electrons. The Morgan fingerprint density at radius 1 is 0.950 bits per heavy atom. The van der Waals surface area contributed by atoms with Crippen LogP contribution in [-0.2, 0) is 15.6 Å². The van der Waals surface area contributed by atoms with Gasteiger partial charge in [-0.05, 0) is 47.6 Å². The van der Waals surface area contributed by atoms with E-state index in [2.05, 4.69) is 62.3 Å². The number of nitrogens with one attached hydrogen (secondary N) is 1. The van der Waals surface area contributed by atoms with Crippen LogP contribution in [0.5, 0.6) is 5.75 Å². The molecule has 1 aromatic heterocycles. The minimum atomic E-state index is -0.258. The van der Waals surface area contributed by atoms with E-state index >= 15 is 0 Å². The average molecular weight is 556 g/mol. The van der Waals surface area contributed by atoms with Crippen LogP contribution in [0.3, 0.4) is 0 Å². The number of benzene rings is 3. The third-order valence-corrected chi connectivity index (χ3v) is 7.37. The first-order chi connectivity index (χ1) is 18.8. The molecule has 0 saturated carbocycles. The molecule has 0 fully saturated rings. The molecule has 0 unspecified atom stereocenters. The van der Waals surface area contributed by atoms with Gasteiger partial charge in [-0.25, -0.2) is 5.43 Å². The van der Waals surface area contributed by atoms with Gasteiger partial charge >= 0.3 is 0 Å². The van der Waals surface area contributed by atoms with Crippen LogP contribution in [0.4, 0.5) is 0 Å². The van der Waals surface area contributed by atoms with Gasteiger partial charge in [0.25, 0.3) is 5.91 Å². The number of phenols is 1. The van der Waals surface area contributed by atoms with E-state index in [1.165, 1.54) is 11.8 Å². The molecule has 40 heavy (non-hydrogen) atoms. The fourth-order valence-corrected chi connectivity index (χ4v) is 5.02. The van der Waals surface area contributed by atoms with Crippen LogP contribution in [0.25, 0.3) is 17.1 Å². The maximum absolute atomic E-state index is 12.7. The summed E-state index contributed by atoms with van der Waals surface area (Å²) in [6, 6.07) is 21.8. The Morgan fingerprint density at radius 3 is 2.12 bits per heavy atom. The number of phenolic OH excluding ortho intramolecular Hbond substituents is 1. The van der Waals surface area contributed by atoms with E-state index in [0.29, 0.717) is 16.7 Å². The maximum Gasteiger partial charge on any atom is 0.250 e. The van der Waals surface area contributed by atoms with Crippen molar-refractivity contribution in [3.05, 3.63) is 89.0 Å². The molecule has 0 aliphatic rings. The highest BCUT2D eigenvalue weighted by Gasteiger charge is 2.26. The summed E-state index contributed by atoms with van der Waals surface area (Å²) in [6.07, 6.45) is 1.62. The van der Waals surface area contributed by atoms with Crippen molar-refractivity contribution in [1.29, 1.82) is 0 Å². The minimum Gasteiger partial charge on any atom is -0.507 e. The Labute approximate surface area is 240 Å². The van der Waals surface area contributed by atoms with Gasteiger partial charge in [0.05, 0.1) is 12.0 Å². The highest BCUT2D eigenvalue weighted by Crippen LogP contribution is 2.39. The lowest BCUT2D eigenvalue weighted by atomic mass is 9.78. The van der Waals surface area contributed by atoms with Gasteiger partial charge in [0.15, 0.2) is 11.0 Å². The minimum absolute atomic E-state index is 0.117. The van der Waals surface area contributed by atoms with Crippen LogP contribution >= 0.6 is 11.8 Å². The number of carbonyl (C=O) groups is 1. The molecule has 0 radical (unpaired) electrons. The van der Waals surface area contributed by atoms with E-state index < -0.39 is 0 Å². The molecule has 0 atom stereocenters. The number of hydrazone groups is 1. The van der Waals surface area contributed by atoms with Gasteiger partial charge < -0.3 is 5.11 Å². The van der Waals surface area contributed by atoms with Crippen LogP contribution in [0.1, 0.15) is 63.8 Å². The molecular weight excluding hydrogens is 518 g/mol. The van der Waals surface area contributed by atoms with Crippen LogP contribution in [-0.4, -0.2) is 37.7 Å². The Kier molecular flexibility index (Phi) is 8.49. The topological polar surface area (TPSA) is 92.4 Å². The van der Waals surface area contributed by atoms with E-state index in [9.17, 15) is 9.90 Å². The van der Waals surface area contributed by atoms with Gasteiger partial charge in [0.2, 0.25) is 0 Å². The standard InChI is InChI=1S/C32H37N5O2S/c1-21-13-15-24(16-14-21)37-29(23-11-9-8-10-12-23)35-36-30(37)40-20-27(38)34-33-19-22-17-25(31(2,3)4)28(39)26(18-22)32(5,6)7/h8-19,39H,20H2,1-7H3,(H,34,38)/b33-19-. The van der Waals surface area contributed by atoms with Gasteiger partial charge in [0, 0.05) is 22.4 Å². The van der Waals surface area contributed by atoms with Crippen LogP contribution in [0, 0.1) is 6.92 Å². The second-order valence-corrected chi connectivity index (χ2v) is 12.8.